The molecular weight excluding hydrogens is 547 g/mol. The monoisotopic (exact) mass is 574 g/mol. The summed E-state index contributed by atoms with van der Waals surface area (Å²) >= 11 is 3.15. The lowest BCUT2D eigenvalue weighted by Gasteiger charge is -2.20. The van der Waals surface area contributed by atoms with Gasteiger partial charge in [-0.3, -0.25) is 10.1 Å². The molecule has 2 aromatic heterocycles. The Morgan fingerprint density at radius 3 is 2.43 bits per heavy atom. The van der Waals surface area contributed by atoms with E-state index < -0.39 is 23.5 Å². The maximum absolute atomic E-state index is 14.0. The van der Waals surface area contributed by atoms with Crippen molar-refractivity contribution in [2.45, 2.75) is 59.0 Å². The lowest BCUT2D eigenvalue weighted by molar-refractivity contribution is -0.134. The number of pyridine rings is 1. The van der Waals surface area contributed by atoms with Crippen LogP contribution >= 0.6 is 15.9 Å². The molecule has 9 nitrogen and oxygen atoms in total. The molecule has 0 aliphatic heterocycles. The fraction of sp³-hybridized carbons (Fsp3) is 0.346. The van der Waals surface area contributed by atoms with E-state index in [2.05, 4.69) is 36.2 Å². The number of anilines is 1. The number of carbonyl (C=O) groups is 2. The molecule has 11 heteroatoms. The minimum atomic E-state index is -0.756. The standard InChI is InChI=1S/C26H28BrFN4O5/c1-5-6-7-8-21(33)36-24-22(32-25(34)37-26(2,3)4)29-15-20(31-24)16-9-11-18(12-10-16)35-23-19(28)13-17(27)14-30-23/h9-15H,5-8H2,1-4H3,(H,29,32,34). The number of aromatic nitrogens is 3. The van der Waals surface area contributed by atoms with Crippen molar-refractivity contribution in [3.63, 3.8) is 0 Å². The van der Waals surface area contributed by atoms with E-state index in [1.165, 1.54) is 18.5 Å². The van der Waals surface area contributed by atoms with Crippen LogP contribution in [0.4, 0.5) is 15.0 Å². The molecule has 0 atom stereocenters. The summed E-state index contributed by atoms with van der Waals surface area (Å²) in [5.74, 6) is -1.09. The number of hydrogen-bond donors (Lipinski definition) is 1. The molecule has 1 amide bonds. The number of nitrogens with one attached hydrogen (secondary N) is 1. The third-order valence-electron chi connectivity index (χ3n) is 4.69. The largest absolute Gasteiger partial charge is 0.444 e. The maximum atomic E-state index is 14.0. The number of halogens is 2. The molecule has 2 heterocycles. The quantitative estimate of drug-likeness (QED) is 0.213. The highest BCUT2D eigenvalue weighted by Crippen LogP contribution is 2.29. The Hall–Kier alpha value is -3.60. The topological polar surface area (TPSA) is 113 Å². The zero-order valence-corrected chi connectivity index (χ0v) is 22.6. The molecule has 0 radical (unpaired) electrons. The van der Waals surface area contributed by atoms with Crippen LogP contribution < -0.4 is 14.8 Å². The van der Waals surface area contributed by atoms with Gasteiger partial charge < -0.3 is 14.2 Å². The number of amides is 1. The molecule has 0 fully saturated rings. The van der Waals surface area contributed by atoms with E-state index in [4.69, 9.17) is 14.2 Å². The van der Waals surface area contributed by atoms with Crippen molar-refractivity contribution in [2.75, 3.05) is 5.32 Å². The number of benzene rings is 1. The Kier molecular flexibility index (Phi) is 9.51. The zero-order chi connectivity index (χ0) is 27.0. The highest BCUT2D eigenvalue weighted by molar-refractivity contribution is 9.10. The second-order valence-corrected chi connectivity index (χ2v) is 9.95. The van der Waals surface area contributed by atoms with Gasteiger partial charge >= 0.3 is 12.1 Å². The van der Waals surface area contributed by atoms with Crippen LogP contribution in [0.2, 0.25) is 0 Å². The van der Waals surface area contributed by atoms with Gasteiger partial charge in [-0.2, -0.15) is 0 Å². The summed E-state index contributed by atoms with van der Waals surface area (Å²) < 4.78 is 30.8. The van der Waals surface area contributed by atoms with E-state index in [0.29, 0.717) is 27.9 Å². The van der Waals surface area contributed by atoms with Gasteiger partial charge in [-0.1, -0.05) is 19.8 Å². The summed E-state index contributed by atoms with van der Waals surface area (Å²) in [7, 11) is 0. The normalized spacial score (nSPS) is 11.1. The van der Waals surface area contributed by atoms with Gasteiger partial charge in [0.25, 0.3) is 11.8 Å². The fourth-order valence-electron chi connectivity index (χ4n) is 3.03. The SMILES string of the molecule is CCCCCC(=O)Oc1nc(-c2ccc(Oc3ncc(Br)cc3F)cc2)cnc1NC(=O)OC(C)(C)C. The molecule has 0 saturated carbocycles. The number of carbonyl (C=O) groups excluding carboxylic acids is 2. The number of hydrogen-bond acceptors (Lipinski definition) is 8. The van der Waals surface area contributed by atoms with E-state index in [1.807, 2.05) is 6.92 Å². The molecule has 1 N–H and O–H groups in total. The van der Waals surface area contributed by atoms with Gasteiger partial charge in [-0.15, -0.1) is 0 Å². The third-order valence-corrected chi connectivity index (χ3v) is 5.13. The third kappa shape index (κ3) is 8.78. The Labute approximate surface area is 222 Å². The molecule has 3 aromatic rings. The van der Waals surface area contributed by atoms with Gasteiger partial charge in [0.1, 0.15) is 11.4 Å². The molecule has 0 bridgehead atoms. The summed E-state index contributed by atoms with van der Waals surface area (Å²) in [4.78, 5) is 37.2. The summed E-state index contributed by atoms with van der Waals surface area (Å²) in [5.41, 5.74) is 0.272. The summed E-state index contributed by atoms with van der Waals surface area (Å²) in [5, 5.41) is 2.49. The summed E-state index contributed by atoms with van der Waals surface area (Å²) in [6.45, 7) is 7.21. The van der Waals surface area contributed by atoms with Crippen LogP contribution in [-0.4, -0.2) is 32.6 Å². The number of ether oxygens (including phenoxy) is 3. The minimum absolute atomic E-state index is 0.0430. The summed E-state index contributed by atoms with van der Waals surface area (Å²) in [6, 6.07) is 7.85. The van der Waals surface area contributed by atoms with Crippen LogP contribution in [0.5, 0.6) is 17.5 Å². The van der Waals surface area contributed by atoms with Gasteiger partial charge in [0, 0.05) is 22.7 Å². The number of nitrogens with zero attached hydrogens (tertiary/aromatic N) is 3. The van der Waals surface area contributed by atoms with Gasteiger partial charge in [0.2, 0.25) is 0 Å². The van der Waals surface area contributed by atoms with Crippen molar-refractivity contribution in [1.82, 2.24) is 15.0 Å². The van der Waals surface area contributed by atoms with Crippen molar-refractivity contribution in [2.24, 2.45) is 0 Å². The van der Waals surface area contributed by atoms with Gasteiger partial charge in [0.05, 0.1) is 11.9 Å². The summed E-state index contributed by atoms with van der Waals surface area (Å²) in [6.07, 6.45) is 4.82. The average molecular weight is 575 g/mol. The molecule has 0 saturated heterocycles. The van der Waals surface area contributed by atoms with Crippen LogP contribution in [0.1, 0.15) is 53.4 Å². The smallest absolute Gasteiger partial charge is 0.413 e. The van der Waals surface area contributed by atoms with E-state index in [0.717, 1.165) is 12.8 Å². The van der Waals surface area contributed by atoms with Gasteiger partial charge in [-0.25, -0.2) is 24.1 Å². The Balaban J connectivity index is 1.82. The van der Waals surface area contributed by atoms with Crippen LogP contribution in [0.3, 0.4) is 0 Å². The maximum Gasteiger partial charge on any atom is 0.413 e. The molecule has 1 aromatic carbocycles. The number of esters is 1. The fourth-order valence-corrected chi connectivity index (χ4v) is 3.33. The van der Waals surface area contributed by atoms with Crippen LogP contribution in [0.15, 0.2) is 47.2 Å². The first kappa shape index (κ1) is 28.0. The van der Waals surface area contributed by atoms with Crippen molar-refractivity contribution < 1.29 is 28.2 Å². The minimum Gasteiger partial charge on any atom is -0.444 e. The van der Waals surface area contributed by atoms with Crippen LogP contribution in [0.25, 0.3) is 11.3 Å². The predicted molar refractivity (Wildman–Crippen MR) is 139 cm³/mol. The van der Waals surface area contributed by atoms with E-state index in [9.17, 15) is 14.0 Å². The predicted octanol–water partition coefficient (Wildman–Crippen LogP) is 7.07. The van der Waals surface area contributed by atoms with Crippen LogP contribution in [-0.2, 0) is 9.53 Å². The molecule has 3 rings (SSSR count). The highest BCUT2D eigenvalue weighted by atomic mass is 79.9. The van der Waals surface area contributed by atoms with E-state index in [-0.39, 0.29) is 24.0 Å². The van der Waals surface area contributed by atoms with E-state index in [1.54, 1.807) is 45.0 Å². The van der Waals surface area contributed by atoms with E-state index >= 15 is 0 Å². The second kappa shape index (κ2) is 12.6. The van der Waals surface area contributed by atoms with Crippen LogP contribution in [0, 0.1) is 5.82 Å². The lowest BCUT2D eigenvalue weighted by Crippen LogP contribution is -2.28. The van der Waals surface area contributed by atoms with Crippen molar-refractivity contribution in [3.8, 4) is 28.8 Å². The van der Waals surface area contributed by atoms with Gasteiger partial charge in [0.15, 0.2) is 11.6 Å². The zero-order valence-electron chi connectivity index (χ0n) is 21.0. The molecule has 0 spiro atoms. The number of unbranched alkanes of at least 4 members (excludes halogenated alkanes) is 2. The average Bonchev–Trinajstić information content (AvgIpc) is 2.81. The molecule has 0 unspecified atom stereocenters. The van der Waals surface area contributed by atoms with Crippen molar-refractivity contribution in [1.29, 1.82) is 0 Å². The second-order valence-electron chi connectivity index (χ2n) is 9.03. The Morgan fingerprint density at radius 2 is 1.78 bits per heavy atom. The highest BCUT2D eigenvalue weighted by Gasteiger charge is 2.21. The first-order valence-electron chi connectivity index (χ1n) is 11.7. The lowest BCUT2D eigenvalue weighted by atomic mass is 10.1. The number of rotatable bonds is 9. The molecule has 196 valence electrons. The van der Waals surface area contributed by atoms with Gasteiger partial charge in [-0.05, 0) is 73.5 Å². The Bertz CT molecular complexity index is 1250. The van der Waals surface area contributed by atoms with Crippen molar-refractivity contribution in [3.05, 3.63) is 53.0 Å². The Morgan fingerprint density at radius 1 is 1.05 bits per heavy atom. The molecule has 0 aliphatic rings. The van der Waals surface area contributed by atoms with Crippen molar-refractivity contribution >= 4 is 33.8 Å². The first-order valence-corrected chi connectivity index (χ1v) is 12.5. The first-order chi connectivity index (χ1) is 17.5. The molecule has 37 heavy (non-hydrogen) atoms. The molecule has 0 aliphatic carbocycles. The molecular formula is C26H28BrFN4O5.